The SMILES string of the molecule is C=c1cc(CN2CCC(c3ccc(C(=O)N(C)C)cc3)C(F)C2)n(C)[nH]cc/c1=C1/C=CC(=NC)N(C)C1. The number of amides is 1. The van der Waals surface area contributed by atoms with Gasteiger partial charge in [-0.1, -0.05) is 24.8 Å². The van der Waals surface area contributed by atoms with E-state index < -0.39 is 6.17 Å². The molecule has 8 heteroatoms. The maximum atomic E-state index is 15.4. The number of halogens is 1. The number of rotatable bonds is 4. The standard InChI is InChI=1S/C30H39FN6O/c1-21-17-25(36(6)33-15-13-26(21)24-11-12-29(32-2)35(5)18-24)19-37-16-14-27(28(31)20-37)22-7-9-23(10-8-22)30(38)34(3)4/h7-13,15,17,27-28,33H,1,14,16,18-20H2,2-6H3/b15-13?,25-17?,26-24+,32-29?. The molecule has 0 saturated carbocycles. The Morgan fingerprint density at radius 3 is 2.55 bits per heavy atom. The highest BCUT2D eigenvalue weighted by Gasteiger charge is 2.30. The quantitative estimate of drug-likeness (QED) is 0.677. The highest BCUT2D eigenvalue weighted by atomic mass is 19.1. The van der Waals surface area contributed by atoms with E-state index in [1.165, 1.54) is 5.57 Å². The molecule has 0 radical (unpaired) electrons. The third kappa shape index (κ3) is 6.07. The van der Waals surface area contributed by atoms with Gasteiger partial charge in [0.05, 0.1) is 0 Å². The first kappa shape index (κ1) is 27.4. The molecule has 1 aromatic carbocycles. The number of likely N-dealkylation sites (N-methyl/N-ethyl adjacent to an activating group) is 1. The molecule has 1 aromatic heterocycles. The van der Waals surface area contributed by atoms with E-state index in [2.05, 4.69) is 38.6 Å². The monoisotopic (exact) mass is 518 g/mol. The zero-order chi connectivity index (χ0) is 27.4. The zero-order valence-electron chi connectivity index (χ0n) is 23.1. The lowest BCUT2D eigenvalue weighted by atomic mass is 9.87. The molecule has 2 aliphatic heterocycles. The van der Waals surface area contributed by atoms with E-state index in [9.17, 15) is 4.79 Å². The van der Waals surface area contributed by atoms with E-state index in [0.717, 1.165) is 47.0 Å². The fourth-order valence-electron chi connectivity index (χ4n) is 5.22. The molecule has 3 heterocycles. The summed E-state index contributed by atoms with van der Waals surface area (Å²) >= 11 is 0. The average Bonchev–Trinajstić information content (AvgIpc) is 2.89. The van der Waals surface area contributed by atoms with Crippen LogP contribution in [0, 0.1) is 0 Å². The molecule has 2 atom stereocenters. The number of aryl methyl sites for hydroxylation is 1. The summed E-state index contributed by atoms with van der Waals surface area (Å²) in [6, 6.07) is 11.5. The highest BCUT2D eigenvalue weighted by Crippen LogP contribution is 2.31. The molecule has 38 heavy (non-hydrogen) atoms. The lowest BCUT2D eigenvalue weighted by Crippen LogP contribution is -2.41. The molecular formula is C30H39FN6O. The van der Waals surface area contributed by atoms with Gasteiger partial charge < -0.3 is 14.9 Å². The van der Waals surface area contributed by atoms with Crippen LogP contribution in [0.1, 0.15) is 34.0 Å². The summed E-state index contributed by atoms with van der Waals surface area (Å²) in [5, 5.41) is 5.30. The topological polar surface area (TPSA) is 59.9 Å². The number of nitrogens with zero attached hydrogens (tertiary/aromatic N) is 5. The van der Waals surface area contributed by atoms with Crippen molar-refractivity contribution in [1.82, 2.24) is 24.5 Å². The van der Waals surface area contributed by atoms with Crippen LogP contribution in [0.4, 0.5) is 4.39 Å². The van der Waals surface area contributed by atoms with Crippen LogP contribution in [0.5, 0.6) is 0 Å². The summed E-state index contributed by atoms with van der Waals surface area (Å²) in [6.07, 6.45) is 5.79. The number of nitrogens with one attached hydrogen (secondary N) is 1. The fraction of sp³-hybridized carbons (Fsp3) is 0.400. The molecule has 2 unspecified atom stereocenters. The van der Waals surface area contributed by atoms with Crippen molar-refractivity contribution in [3.8, 4) is 0 Å². The summed E-state index contributed by atoms with van der Waals surface area (Å²) in [5.41, 5.74) is 3.77. The van der Waals surface area contributed by atoms with Gasteiger partial charge in [-0.3, -0.25) is 19.4 Å². The first-order valence-corrected chi connectivity index (χ1v) is 13.0. The Kier molecular flexibility index (Phi) is 8.52. The van der Waals surface area contributed by atoms with Crippen LogP contribution < -0.4 is 10.4 Å². The fourth-order valence-corrected chi connectivity index (χ4v) is 5.22. The maximum absolute atomic E-state index is 15.4. The second-order valence-corrected chi connectivity index (χ2v) is 10.4. The summed E-state index contributed by atoms with van der Waals surface area (Å²) in [7, 11) is 9.26. The minimum atomic E-state index is -0.982. The normalized spacial score (nSPS) is 22.5. The van der Waals surface area contributed by atoms with E-state index in [4.69, 9.17) is 0 Å². The molecular weight excluding hydrogens is 479 g/mol. The Balaban J connectivity index is 1.52. The van der Waals surface area contributed by atoms with Gasteiger partial charge >= 0.3 is 0 Å². The predicted octanol–water partition coefficient (Wildman–Crippen LogP) is 2.60. The first-order valence-electron chi connectivity index (χ1n) is 13.0. The Hall–Kier alpha value is -3.65. The van der Waals surface area contributed by atoms with Gasteiger partial charge in [0, 0.05) is 78.2 Å². The molecule has 1 amide bonds. The first-order chi connectivity index (χ1) is 18.2. The van der Waals surface area contributed by atoms with E-state index in [0.29, 0.717) is 18.7 Å². The number of aromatic nitrogens is 2. The van der Waals surface area contributed by atoms with E-state index in [1.807, 2.05) is 49.2 Å². The number of alkyl halides is 1. The second kappa shape index (κ2) is 11.8. The van der Waals surface area contributed by atoms with Gasteiger partial charge in [0.2, 0.25) is 0 Å². The number of carbonyl (C=O) groups excluding carboxylic acids is 1. The summed E-state index contributed by atoms with van der Waals surface area (Å²) in [4.78, 5) is 22.3. The van der Waals surface area contributed by atoms with Crippen molar-refractivity contribution in [2.75, 3.05) is 47.8 Å². The van der Waals surface area contributed by atoms with Gasteiger partial charge in [-0.15, -0.1) is 0 Å². The van der Waals surface area contributed by atoms with E-state index >= 15 is 4.39 Å². The number of aromatic amines is 1. The number of benzene rings is 1. The van der Waals surface area contributed by atoms with Crippen LogP contribution in [-0.4, -0.2) is 90.2 Å². The van der Waals surface area contributed by atoms with Gasteiger partial charge in [-0.25, -0.2) is 4.39 Å². The van der Waals surface area contributed by atoms with Crippen molar-refractivity contribution in [3.05, 3.63) is 82.0 Å². The summed E-state index contributed by atoms with van der Waals surface area (Å²) < 4.78 is 17.4. The Bertz CT molecular complexity index is 1380. The molecule has 1 fully saturated rings. The molecule has 1 saturated heterocycles. The lowest BCUT2D eigenvalue weighted by Gasteiger charge is -2.35. The Morgan fingerprint density at radius 1 is 1.18 bits per heavy atom. The molecule has 202 valence electrons. The summed E-state index contributed by atoms with van der Waals surface area (Å²) in [5.74, 6) is 0.735. The largest absolute Gasteiger partial charge is 0.356 e. The minimum absolute atomic E-state index is 0.0466. The van der Waals surface area contributed by atoms with Crippen molar-refractivity contribution in [3.63, 3.8) is 0 Å². The van der Waals surface area contributed by atoms with Crippen molar-refractivity contribution >= 4 is 23.9 Å². The van der Waals surface area contributed by atoms with Gasteiger partial charge in [-0.05, 0) is 64.9 Å². The van der Waals surface area contributed by atoms with Crippen LogP contribution in [0.3, 0.4) is 0 Å². The smallest absolute Gasteiger partial charge is 0.253 e. The van der Waals surface area contributed by atoms with Gasteiger partial charge in [0.25, 0.3) is 5.91 Å². The number of H-pyrrole nitrogens is 1. The number of piperidine rings is 1. The molecule has 1 N–H and O–H groups in total. The molecule has 2 aliphatic rings. The highest BCUT2D eigenvalue weighted by molar-refractivity contribution is 5.97. The molecule has 7 nitrogen and oxygen atoms in total. The number of carbonyl (C=O) groups is 1. The molecule has 0 aliphatic carbocycles. The van der Waals surface area contributed by atoms with Crippen LogP contribution >= 0.6 is 0 Å². The second-order valence-electron chi connectivity index (χ2n) is 10.4. The van der Waals surface area contributed by atoms with Crippen molar-refractivity contribution in [2.45, 2.75) is 25.1 Å². The van der Waals surface area contributed by atoms with Crippen LogP contribution in [-0.2, 0) is 13.6 Å². The van der Waals surface area contributed by atoms with Crippen LogP contribution in [0.2, 0.25) is 0 Å². The number of hydrogen-bond donors (Lipinski definition) is 1. The maximum Gasteiger partial charge on any atom is 0.253 e. The van der Waals surface area contributed by atoms with Gasteiger partial charge in [0.1, 0.15) is 12.0 Å². The molecule has 2 aromatic rings. The Morgan fingerprint density at radius 2 is 1.92 bits per heavy atom. The average molecular weight is 519 g/mol. The number of amidine groups is 1. The summed E-state index contributed by atoms with van der Waals surface area (Å²) in [6.45, 7) is 6.88. The van der Waals surface area contributed by atoms with Crippen molar-refractivity contribution < 1.29 is 9.18 Å². The minimum Gasteiger partial charge on any atom is -0.356 e. The number of likely N-dealkylation sites (tertiary alicyclic amines) is 1. The lowest BCUT2D eigenvalue weighted by molar-refractivity contribution is 0.0827. The molecule has 0 spiro atoms. The van der Waals surface area contributed by atoms with Gasteiger partial charge in [-0.2, -0.15) is 0 Å². The molecule has 0 bridgehead atoms. The van der Waals surface area contributed by atoms with Crippen LogP contribution in [0.15, 0.2) is 59.7 Å². The predicted molar refractivity (Wildman–Crippen MR) is 153 cm³/mol. The van der Waals surface area contributed by atoms with Crippen LogP contribution in [0.25, 0.3) is 12.2 Å². The number of aliphatic imine (C=N–C) groups is 1. The number of hydrogen-bond acceptors (Lipinski definition) is 3. The van der Waals surface area contributed by atoms with Gasteiger partial charge in [0.15, 0.2) is 0 Å². The zero-order valence-corrected chi connectivity index (χ0v) is 23.1. The van der Waals surface area contributed by atoms with E-state index in [1.54, 1.807) is 38.2 Å². The third-order valence-electron chi connectivity index (χ3n) is 7.45. The Labute approximate surface area is 224 Å². The van der Waals surface area contributed by atoms with E-state index in [-0.39, 0.29) is 11.8 Å². The van der Waals surface area contributed by atoms with Crippen molar-refractivity contribution in [1.29, 1.82) is 0 Å². The van der Waals surface area contributed by atoms with Crippen molar-refractivity contribution in [2.24, 2.45) is 12.0 Å². The molecule has 4 rings (SSSR count). The third-order valence-corrected chi connectivity index (χ3v) is 7.45.